The molecular formula is C21H22N2O2. The number of benzene rings is 2. The second kappa shape index (κ2) is 6.78. The van der Waals surface area contributed by atoms with E-state index < -0.39 is 0 Å². The summed E-state index contributed by atoms with van der Waals surface area (Å²) in [5.41, 5.74) is 0.845. The van der Waals surface area contributed by atoms with Crippen LogP contribution in [0.1, 0.15) is 31.2 Å². The van der Waals surface area contributed by atoms with Gasteiger partial charge in [0.1, 0.15) is 23.9 Å². The van der Waals surface area contributed by atoms with Crippen LogP contribution in [0.3, 0.4) is 0 Å². The van der Waals surface area contributed by atoms with E-state index in [4.69, 9.17) is 9.47 Å². The van der Waals surface area contributed by atoms with Crippen molar-refractivity contribution in [3.8, 4) is 23.3 Å². The number of hydrogen-bond donors (Lipinski definition) is 1. The monoisotopic (exact) mass is 334 g/mol. The van der Waals surface area contributed by atoms with Gasteiger partial charge in [-0.25, -0.2) is 0 Å². The van der Waals surface area contributed by atoms with E-state index in [1.54, 1.807) is 0 Å². The lowest BCUT2D eigenvalue weighted by atomic mass is 9.98. The van der Waals surface area contributed by atoms with Crippen molar-refractivity contribution in [2.24, 2.45) is 0 Å². The van der Waals surface area contributed by atoms with E-state index in [0.29, 0.717) is 12.6 Å². The molecule has 0 spiro atoms. The van der Waals surface area contributed by atoms with Crippen LogP contribution in [-0.2, 0) is 5.41 Å². The first-order chi connectivity index (χ1) is 12.3. The number of nitrogens with one attached hydrogen (secondary N) is 1. The molecule has 2 fully saturated rings. The van der Waals surface area contributed by atoms with Crippen molar-refractivity contribution in [3.63, 3.8) is 0 Å². The zero-order valence-corrected chi connectivity index (χ0v) is 14.2. The summed E-state index contributed by atoms with van der Waals surface area (Å²) in [6.07, 6.45) is 4.34. The Hall–Kier alpha value is -2.51. The molecular weight excluding hydrogens is 312 g/mol. The van der Waals surface area contributed by atoms with Gasteiger partial charge in [-0.2, -0.15) is 5.26 Å². The maximum atomic E-state index is 9.26. The minimum absolute atomic E-state index is 0.244. The highest BCUT2D eigenvalue weighted by Gasteiger charge is 2.44. The van der Waals surface area contributed by atoms with Gasteiger partial charge in [0, 0.05) is 6.04 Å². The summed E-state index contributed by atoms with van der Waals surface area (Å²) < 4.78 is 11.7. The molecule has 1 aliphatic carbocycles. The standard InChI is InChI=1S/C21H22N2O2/c22-15-21(11-12-21)16-3-5-19(6-4-16)25-20-9-7-18(8-10-20)24-14-17-2-1-13-23-17/h3-10,17,23H,1-2,11-14H2/t17-/m1/s1. The molecule has 1 atom stereocenters. The highest BCUT2D eigenvalue weighted by Crippen LogP contribution is 2.47. The topological polar surface area (TPSA) is 54.3 Å². The lowest BCUT2D eigenvalue weighted by molar-refractivity contribution is 0.277. The molecule has 1 saturated heterocycles. The number of nitrogens with zero attached hydrogens (tertiary/aromatic N) is 1. The van der Waals surface area contributed by atoms with Gasteiger partial charge in [-0.1, -0.05) is 12.1 Å². The molecule has 4 rings (SSSR count). The predicted molar refractivity (Wildman–Crippen MR) is 96.0 cm³/mol. The zero-order chi connectivity index (χ0) is 17.1. The Bertz CT molecular complexity index is 752. The molecule has 4 heteroatoms. The van der Waals surface area contributed by atoms with Crippen molar-refractivity contribution < 1.29 is 9.47 Å². The van der Waals surface area contributed by atoms with E-state index in [1.165, 1.54) is 12.8 Å². The van der Waals surface area contributed by atoms with Gasteiger partial charge in [-0.15, -0.1) is 0 Å². The van der Waals surface area contributed by atoms with Crippen LogP contribution in [-0.4, -0.2) is 19.2 Å². The molecule has 1 aliphatic heterocycles. The number of nitriles is 1. The molecule has 1 saturated carbocycles. The van der Waals surface area contributed by atoms with Gasteiger partial charge in [0.05, 0.1) is 11.5 Å². The minimum Gasteiger partial charge on any atom is -0.492 e. The number of rotatable bonds is 6. The molecule has 2 aliphatic rings. The Kier molecular flexibility index (Phi) is 4.33. The van der Waals surface area contributed by atoms with E-state index in [1.807, 2.05) is 48.5 Å². The molecule has 1 N–H and O–H groups in total. The molecule has 0 aromatic heterocycles. The molecule has 25 heavy (non-hydrogen) atoms. The van der Waals surface area contributed by atoms with Gasteiger partial charge in [0.15, 0.2) is 0 Å². The largest absolute Gasteiger partial charge is 0.492 e. The third-order valence-electron chi connectivity index (χ3n) is 5.04. The maximum absolute atomic E-state index is 9.26. The van der Waals surface area contributed by atoms with Crippen LogP contribution in [0.15, 0.2) is 48.5 Å². The summed E-state index contributed by atoms with van der Waals surface area (Å²) >= 11 is 0. The van der Waals surface area contributed by atoms with Crippen LogP contribution >= 0.6 is 0 Å². The fourth-order valence-electron chi connectivity index (χ4n) is 3.27. The van der Waals surface area contributed by atoms with Crippen molar-refractivity contribution in [2.75, 3.05) is 13.2 Å². The summed E-state index contributed by atoms with van der Waals surface area (Å²) in [4.78, 5) is 0. The summed E-state index contributed by atoms with van der Waals surface area (Å²) in [6, 6.07) is 18.5. The smallest absolute Gasteiger partial charge is 0.127 e. The normalized spacial score (nSPS) is 20.7. The highest BCUT2D eigenvalue weighted by molar-refractivity contribution is 5.42. The molecule has 2 aromatic carbocycles. The Morgan fingerprint density at radius 1 is 1.00 bits per heavy atom. The molecule has 2 aromatic rings. The zero-order valence-electron chi connectivity index (χ0n) is 14.2. The lowest BCUT2D eigenvalue weighted by Gasteiger charge is -2.13. The van der Waals surface area contributed by atoms with Gasteiger partial charge >= 0.3 is 0 Å². The molecule has 1 heterocycles. The summed E-state index contributed by atoms with van der Waals surface area (Å²) in [6.45, 7) is 1.80. The molecule has 0 unspecified atom stereocenters. The van der Waals surface area contributed by atoms with E-state index in [0.717, 1.165) is 42.2 Å². The van der Waals surface area contributed by atoms with Gasteiger partial charge in [-0.05, 0) is 74.2 Å². The summed E-state index contributed by atoms with van der Waals surface area (Å²) in [7, 11) is 0. The van der Waals surface area contributed by atoms with E-state index in [9.17, 15) is 5.26 Å². The molecule has 0 amide bonds. The van der Waals surface area contributed by atoms with E-state index in [2.05, 4.69) is 11.4 Å². The van der Waals surface area contributed by atoms with Crippen molar-refractivity contribution in [2.45, 2.75) is 37.1 Å². The third kappa shape index (κ3) is 3.62. The number of hydrogen-bond acceptors (Lipinski definition) is 4. The second-order valence-corrected chi connectivity index (χ2v) is 6.90. The van der Waals surface area contributed by atoms with Crippen LogP contribution in [0, 0.1) is 11.3 Å². The second-order valence-electron chi connectivity index (χ2n) is 6.90. The van der Waals surface area contributed by atoms with Crippen molar-refractivity contribution in [1.82, 2.24) is 5.32 Å². The van der Waals surface area contributed by atoms with Gasteiger partial charge in [0.25, 0.3) is 0 Å². The third-order valence-corrected chi connectivity index (χ3v) is 5.04. The first-order valence-electron chi connectivity index (χ1n) is 8.93. The van der Waals surface area contributed by atoms with Gasteiger partial charge in [-0.3, -0.25) is 0 Å². The lowest BCUT2D eigenvalue weighted by Crippen LogP contribution is -2.28. The van der Waals surface area contributed by atoms with Crippen LogP contribution < -0.4 is 14.8 Å². The Labute approximate surface area is 148 Å². The van der Waals surface area contributed by atoms with Crippen LogP contribution in [0.5, 0.6) is 17.2 Å². The Morgan fingerprint density at radius 3 is 2.20 bits per heavy atom. The van der Waals surface area contributed by atoms with Crippen LogP contribution in [0.4, 0.5) is 0 Å². The molecule has 0 bridgehead atoms. The van der Waals surface area contributed by atoms with Crippen LogP contribution in [0.25, 0.3) is 0 Å². The molecule has 128 valence electrons. The summed E-state index contributed by atoms with van der Waals surface area (Å²) in [5, 5.41) is 12.7. The average molecular weight is 334 g/mol. The fraction of sp³-hybridized carbons (Fsp3) is 0.381. The maximum Gasteiger partial charge on any atom is 0.127 e. The Morgan fingerprint density at radius 2 is 1.64 bits per heavy atom. The SMILES string of the molecule is N#CC1(c2ccc(Oc3ccc(OC[C@H]4CCCN4)cc3)cc2)CC1. The van der Waals surface area contributed by atoms with Crippen molar-refractivity contribution >= 4 is 0 Å². The first-order valence-corrected chi connectivity index (χ1v) is 8.93. The Balaban J connectivity index is 1.34. The van der Waals surface area contributed by atoms with Gasteiger partial charge < -0.3 is 14.8 Å². The van der Waals surface area contributed by atoms with E-state index >= 15 is 0 Å². The average Bonchev–Trinajstić information content (AvgIpc) is 3.29. The predicted octanol–water partition coefficient (Wildman–Crippen LogP) is 4.16. The van der Waals surface area contributed by atoms with Gasteiger partial charge in [0.2, 0.25) is 0 Å². The highest BCUT2D eigenvalue weighted by atomic mass is 16.5. The minimum atomic E-state index is -0.244. The summed E-state index contributed by atoms with van der Waals surface area (Å²) in [5.74, 6) is 2.42. The quantitative estimate of drug-likeness (QED) is 0.861. The van der Waals surface area contributed by atoms with Crippen molar-refractivity contribution in [3.05, 3.63) is 54.1 Å². The van der Waals surface area contributed by atoms with Crippen molar-refractivity contribution in [1.29, 1.82) is 5.26 Å². The first kappa shape index (κ1) is 16.0. The van der Waals surface area contributed by atoms with Crippen LogP contribution in [0.2, 0.25) is 0 Å². The molecule has 4 nitrogen and oxygen atoms in total. The number of ether oxygens (including phenoxy) is 2. The fourth-order valence-corrected chi connectivity index (χ4v) is 3.27. The van der Waals surface area contributed by atoms with E-state index in [-0.39, 0.29) is 5.41 Å². The molecule has 0 radical (unpaired) electrons.